The quantitative estimate of drug-likeness (QED) is 0.585. The second-order valence-corrected chi connectivity index (χ2v) is 6.86. The van der Waals surface area contributed by atoms with E-state index in [9.17, 15) is 4.89 Å². The van der Waals surface area contributed by atoms with Gasteiger partial charge in [0.05, 0.1) is 0 Å². The van der Waals surface area contributed by atoms with E-state index in [0.717, 1.165) is 18.5 Å². The average molecular weight is 136 g/mol. The van der Waals surface area contributed by atoms with Crippen LogP contribution in [0, 0.1) is 0 Å². The third kappa shape index (κ3) is 2.11. The van der Waals surface area contributed by atoms with Gasteiger partial charge in [-0.1, -0.05) is 0 Å². The van der Waals surface area contributed by atoms with Crippen molar-refractivity contribution in [3.8, 4) is 0 Å². The first-order valence-electron chi connectivity index (χ1n) is 3.41. The Morgan fingerprint density at radius 1 is 1.00 bits per heavy atom. The minimum atomic E-state index is -1.67. The maximum atomic E-state index is 9.58. The molecule has 0 saturated heterocycles. The van der Waals surface area contributed by atoms with Gasteiger partial charge in [-0.2, -0.15) is 0 Å². The Bertz CT molecular complexity index is 51.3. The van der Waals surface area contributed by atoms with Gasteiger partial charge in [-0.05, 0) is 0 Å². The molecule has 0 aromatic rings. The molecule has 2 heteroatoms. The fourth-order valence-corrected chi connectivity index (χ4v) is 2.25. The Morgan fingerprint density at radius 2 is 1.25 bits per heavy atom. The summed E-state index contributed by atoms with van der Waals surface area (Å²) < 4.78 is 0. The van der Waals surface area contributed by atoms with Crippen LogP contribution in [0.2, 0.25) is 0 Å². The summed E-state index contributed by atoms with van der Waals surface area (Å²) in [5.41, 5.74) is 0. The Hall–Kier alpha value is 0.390. The molecule has 8 heavy (non-hydrogen) atoms. The van der Waals surface area contributed by atoms with E-state index in [1.54, 1.807) is 0 Å². The van der Waals surface area contributed by atoms with Crippen molar-refractivity contribution in [1.82, 2.24) is 0 Å². The molecule has 1 nitrogen and oxygen atoms in total. The molecule has 0 fully saturated rings. The van der Waals surface area contributed by atoms with Gasteiger partial charge in [0.25, 0.3) is 0 Å². The van der Waals surface area contributed by atoms with Gasteiger partial charge < -0.3 is 0 Å². The predicted molar refractivity (Wildman–Crippen MR) is 42.2 cm³/mol. The Labute approximate surface area is 52.5 Å². The number of hydrogen-bond donors (Lipinski definition) is 1. The average Bonchev–Trinajstić information content (AvgIpc) is 1.87. The zero-order valence-electron chi connectivity index (χ0n) is 6.07. The van der Waals surface area contributed by atoms with Crippen LogP contribution in [0.1, 0.15) is 20.8 Å². The van der Waals surface area contributed by atoms with Gasteiger partial charge in [-0.25, -0.2) is 0 Å². The zero-order chi connectivity index (χ0) is 6.62. The van der Waals surface area contributed by atoms with E-state index in [2.05, 4.69) is 20.8 Å². The van der Waals surface area contributed by atoms with E-state index in [-0.39, 0.29) is 0 Å². The zero-order valence-corrected chi connectivity index (χ0v) is 7.07. The molecule has 0 aromatic heterocycles. The molecule has 0 aromatic carbocycles. The Kier molecular flexibility index (Phi) is 3.59. The summed E-state index contributed by atoms with van der Waals surface area (Å²) in [5, 5.41) is 0. The van der Waals surface area contributed by atoms with Gasteiger partial charge >= 0.3 is 51.6 Å². The second-order valence-electron chi connectivity index (χ2n) is 2.29. The van der Waals surface area contributed by atoms with Crippen LogP contribution >= 0.6 is 7.49 Å². The van der Waals surface area contributed by atoms with E-state index in [1.807, 2.05) is 0 Å². The summed E-state index contributed by atoms with van der Waals surface area (Å²) in [4.78, 5) is 9.58. The van der Waals surface area contributed by atoms with Gasteiger partial charge in [0.1, 0.15) is 0 Å². The Morgan fingerprint density at radius 3 is 1.25 bits per heavy atom. The summed E-state index contributed by atoms with van der Waals surface area (Å²) in [6.07, 6.45) is 3.04. The molecule has 0 aliphatic carbocycles. The van der Waals surface area contributed by atoms with Crippen molar-refractivity contribution in [2.45, 2.75) is 20.8 Å². The monoisotopic (exact) mass is 136 g/mol. The molecular formula is C6H17OP. The fraction of sp³-hybridized carbons (Fsp3) is 1.00. The predicted octanol–water partition coefficient (Wildman–Crippen LogP) is 1.70. The molecule has 0 radical (unpaired) electrons. The molecule has 0 bridgehead atoms. The van der Waals surface area contributed by atoms with E-state index in [1.165, 1.54) is 0 Å². The SMILES string of the molecule is CC[PH](O)(CC)CC. The fourth-order valence-electron chi connectivity index (χ4n) is 0.750. The summed E-state index contributed by atoms with van der Waals surface area (Å²) in [5.74, 6) is 0. The molecule has 0 amide bonds. The van der Waals surface area contributed by atoms with Crippen LogP contribution in [0.25, 0.3) is 0 Å². The van der Waals surface area contributed by atoms with Crippen LogP contribution in [0.15, 0.2) is 0 Å². The molecule has 52 valence electrons. The molecule has 0 rings (SSSR count). The Balaban J connectivity index is 3.58. The van der Waals surface area contributed by atoms with Crippen LogP contribution in [0.4, 0.5) is 0 Å². The molecule has 0 unspecified atom stereocenters. The van der Waals surface area contributed by atoms with E-state index < -0.39 is 7.49 Å². The molecule has 0 heterocycles. The molecule has 0 spiro atoms. The maximum absolute atomic E-state index is 9.58. The summed E-state index contributed by atoms with van der Waals surface area (Å²) in [6.45, 7) is 6.25. The van der Waals surface area contributed by atoms with Crippen molar-refractivity contribution in [1.29, 1.82) is 0 Å². The van der Waals surface area contributed by atoms with E-state index in [4.69, 9.17) is 0 Å². The number of hydrogen-bond acceptors (Lipinski definition) is 1. The van der Waals surface area contributed by atoms with Gasteiger partial charge in [0, 0.05) is 0 Å². The van der Waals surface area contributed by atoms with Crippen LogP contribution in [0.3, 0.4) is 0 Å². The normalized spacial score (nSPS) is 14.0. The summed E-state index contributed by atoms with van der Waals surface area (Å²) in [6, 6.07) is 0. The van der Waals surface area contributed by atoms with Crippen molar-refractivity contribution in [3.05, 3.63) is 0 Å². The van der Waals surface area contributed by atoms with Crippen LogP contribution in [-0.4, -0.2) is 23.4 Å². The molecule has 0 atom stereocenters. The standard InChI is InChI=1S/C6H17OP/c1-4-8(7,5-2)6-3/h7-8H,4-6H2,1-3H3. The molecule has 0 aliphatic heterocycles. The first-order chi connectivity index (χ1) is 3.68. The summed E-state index contributed by atoms with van der Waals surface area (Å²) in [7, 11) is -1.67. The van der Waals surface area contributed by atoms with Crippen molar-refractivity contribution in [2.75, 3.05) is 18.5 Å². The van der Waals surface area contributed by atoms with Crippen LogP contribution in [0.5, 0.6) is 0 Å². The van der Waals surface area contributed by atoms with Gasteiger partial charge in [-0.15, -0.1) is 0 Å². The summed E-state index contributed by atoms with van der Waals surface area (Å²) >= 11 is 0. The van der Waals surface area contributed by atoms with E-state index in [0.29, 0.717) is 0 Å². The third-order valence-electron chi connectivity index (χ3n) is 1.97. The molecule has 0 saturated carbocycles. The van der Waals surface area contributed by atoms with Crippen molar-refractivity contribution >= 4 is 7.49 Å². The van der Waals surface area contributed by atoms with Crippen molar-refractivity contribution < 1.29 is 4.89 Å². The van der Waals surface area contributed by atoms with Crippen LogP contribution < -0.4 is 0 Å². The second kappa shape index (κ2) is 3.42. The molecule has 1 N–H and O–H groups in total. The molecular weight excluding hydrogens is 119 g/mol. The van der Waals surface area contributed by atoms with Crippen molar-refractivity contribution in [2.24, 2.45) is 0 Å². The topological polar surface area (TPSA) is 20.2 Å². The first-order valence-corrected chi connectivity index (χ1v) is 5.97. The third-order valence-corrected chi connectivity index (χ3v) is 5.92. The minimum absolute atomic E-state index is 1.01. The van der Waals surface area contributed by atoms with Crippen molar-refractivity contribution in [3.63, 3.8) is 0 Å². The van der Waals surface area contributed by atoms with E-state index >= 15 is 0 Å². The van der Waals surface area contributed by atoms with Crippen LogP contribution in [-0.2, 0) is 0 Å². The van der Waals surface area contributed by atoms with Gasteiger partial charge in [0.2, 0.25) is 0 Å². The number of rotatable bonds is 3. The van der Waals surface area contributed by atoms with Gasteiger partial charge in [0.15, 0.2) is 0 Å². The first kappa shape index (κ1) is 8.39. The molecule has 0 aliphatic rings. The van der Waals surface area contributed by atoms with Gasteiger partial charge in [-0.3, -0.25) is 0 Å².